The summed E-state index contributed by atoms with van der Waals surface area (Å²) in [5, 5.41) is 5.62. The second-order valence-electron chi connectivity index (χ2n) is 5.52. The number of aryl methyl sites for hydroxylation is 1. The van der Waals surface area contributed by atoms with Crippen molar-refractivity contribution in [1.82, 2.24) is 20.2 Å². The van der Waals surface area contributed by atoms with Crippen molar-refractivity contribution in [1.29, 1.82) is 0 Å². The molecule has 112 valence electrons. The van der Waals surface area contributed by atoms with Crippen LogP contribution in [0.15, 0.2) is 12.4 Å². The molecule has 0 aliphatic carbocycles. The highest BCUT2D eigenvalue weighted by Crippen LogP contribution is 2.17. The van der Waals surface area contributed by atoms with Crippen molar-refractivity contribution >= 4 is 11.8 Å². The molecule has 1 aromatic rings. The third-order valence-corrected chi connectivity index (χ3v) is 3.11. The van der Waals surface area contributed by atoms with Gasteiger partial charge in [-0.1, -0.05) is 13.3 Å². The molecule has 1 heterocycles. The molecular weight excluding hydrogens is 256 g/mol. The maximum atomic E-state index is 12.3. The summed E-state index contributed by atoms with van der Waals surface area (Å²) in [7, 11) is 1.90. The predicted octanol–water partition coefficient (Wildman–Crippen LogP) is 1.29. The number of nitrogens with one attached hydrogen (secondary N) is 2. The lowest BCUT2D eigenvalue weighted by Crippen LogP contribution is -2.54. The number of hydrogen-bond donors (Lipinski definition) is 2. The SMILES string of the molecule is CCC[C@@H](NC(=O)C(C)(C)NC(C)=O)c1nccn1C. The Kier molecular flexibility index (Phi) is 5.30. The van der Waals surface area contributed by atoms with E-state index in [0.29, 0.717) is 0 Å². The molecule has 0 fully saturated rings. The Morgan fingerprint density at radius 2 is 2.10 bits per heavy atom. The molecule has 0 aromatic carbocycles. The fourth-order valence-corrected chi connectivity index (χ4v) is 2.10. The Labute approximate surface area is 120 Å². The molecule has 0 spiro atoms. The number of hydrogen-bond acceptors (Lipinski definition) is 3. The van der Waals surface area contributed by atoms with Crippen LogP contribution < -0.4 is 10.6 Å². The Morgan fingerprint density at radius 3 is 2.55 bits per heavy atom. The second-order valence-corrected chi connectivity index (χ2v) is 5.52. The number of nitrogens with zero attached hydrogens (tertiary/aromatic N) is 2. The third-order valence-electron chi connectivity index (χ3n) is 3.11. The van der Waals surface area contributed by atoms with Gasteiger partial charge in [-0.05, 0) is 20.3 Å². The fourth-order valence-electron chi connectivity index (χ4n) is 2.10. The Hall–Kier alpha value is -1.85. The van der Waals surface area contributed by atoms with Crippen LogP contribution in [-0.2, 0) is 16.6 Å². The van der Waals surface area contributed by atoms with Crippen molar-refractivity contribution < 1.29 is 9.59 Å². The van der Waals surface area contributed by atoms with Gasteiger partial charge < -0.3 is 15.2 Å². The van der Waals surface area contributed by atoms with E-state index in [1.54, 1.807) is 20.0 Å². The summed E-state index contributed by atoms with van der Waals surface area (Å²) < 4.78 is 1.89. The van der Waals surface area contributed by atoms with Crippen LogP contribution in [-0.4, -0.2) is 26.9 Å². The van der Waals surface area contributed by atoms with E-state index >= 15 is 0 Å². The van der Waals surface area contributed by atoms with Crippen molar-refractivity contribution in [3.05, 3.63) is 18.2 Å². The monoisotopic (exact) mass is 280 g/mol. The maximum Gasteiger partial charge on any atom is 0.245 e. The van der Waals surface area contributed by atoms with Crippen molar-refractivity contribution in [3.63, 3.8) is 0 Å². The van der Waals surface area contributed by atoms with Crippen LogP contribution in [0.1, 0.15) is 52.4 Å². The zero-order valence-electron chi connectivity index (χ0n) is 12.9. The van der Waals surface area contributed by atoms with Crippen molar-refractivity contribution in [2.45, 2.75) is 52.1 Å². The first-order chi connectivity index (χ1) is 9.27. The minimum atomic E-state index is -0.941. The Bertz CT molecular complexity index is 479. The molecule has 2 amide bonds. The van der Waals surface area contributed by atoms with Crippen molar-refractivity contribution in [3.8, 4) is 0 Å². The average Bonchev–Trinajstić information content (AvgIpc) is 2.73. The van der Waals surface area contributed by atoms with Crippen LogP contribution in [0, 0.1) is 0 Å². The molecule has 1 atom stereocenters. The van der Waals surface area contributed by atoms with E-state index in [1.165, 1.54) is 6.92 Å². The van der Waals surface area contributed by atoms with Crippen molar-refractivity contribution in [2.24, 2.45) is 7.05 Å². The van der Waals surface area contributed by atoms with E-state index in [2.05, 4.69) is 22.5 Å². The van der Waals surface area contributed by atoms with Crippen LogP contribution in [0.25, 0.3) is 0 Å². The average molecular weight is 280 g/mol. The lowest BCUT2D eigenvalue weighted by atomic mass is 10.0. The number of carbonyl (C=O) groups is 2. The fraction of sp³-hybridized carbons (Fsp3) is 0.643. The normalized spacial score (nSPS) is 12.8. The van der Waals surface area contributed by atoms with Crippen LogP contribution in [0.4, 0.5) is 0 Å². The predicted molar refractivity (Wildman–Crippen MR) is 76.9 cm³/mol. The number of imidazole rings is 1. The second kappa shape index (κ2) is 6.54. The molecule has 0 bridgehead atoms. The minimum Gasteiger partial charge on any atom is -0.344 e. The van der Waals surface area contributed by atoms with E-state index in [4.69, 9.17) is 0 Å². The molecule has 0 radical (unpaired) electrons. The number of amides is 2. The Balaban J connectivity index is 2.83. The summed E-state index contributed by atoms with van der Waals surface area (Å²) in [6.45, 7) is 6.83. The highest BCUT2D eigenvalue weighted by molar-refractivity contribution is 5.90. The van der Waals surface area contributed by atoms with Gasteiger partial charge in [-0.25, -0.2) is 4.98 Å². The smallest absolute Gasteiger partial charge is 0.245 e. The summed E-state index contributed by atoms with van der Waals surface area (Å²) in [5.41, 5.74) is -0.941. The topological polar surface area (TPSA) is 76.0 Å². The first-order valence-corrected chi connectivity index (χ1v) is 6.85. The maximum absolute atomic E-state index is 12.3. The van der Waals surface area contributed by atoms with Crippen molar-refractivity contribution in [2.75, 3.05) is 0 Å². The van der Waals surface area contributed by atoms with Gasteiger partial charge in [0, 0.05) is 26.4 Å². The van der Waals surface area contributed by atoms with Gasteiger partial charge in [-0.15, -0.1) is 0 Å². The van der Waals surface area contributed by atoms with E-state index in [-0.39, 0.29) is 17.9 Å². The standard InChI is InChI=1S/C14H24N4O2/c1-6-7-11(12-15-8-9-18(12)5)16-13(20)14(3,4)17-10(2)19/h8-9,11H,6-7H2,1-5H3,(H,16,20)(H,17,19)/t11-/m1/s1. The molecule has 1 rings (SSSR count). The van der Waals surface area contributed by atoms with Gasteiger partial charge in [0.05, 0.1) is 6.04 Å². The number of aromatic nitrogens is 2. The molecule has 0 aliphatic rings. The number of rotatable bonds is 6. The van der Waals surface area contributed by atoms with E-state index in [9.17, 15) is 9.59 Å². The van der Waals surface area contributed by atoms with Gasteiger partial charge in [-0.2, -0.15) is 0 Å². The summed E-state index contributed by atoms with van der Waals surface area (Å²) in [6.07, 6.45) is 5.29. The molecule has 0 saturated heterocycles. The molecule has 1 aromatic heterocycles. The van der Waals surface area contributed by atoms with Crippen LogP contribution in [0.3, 0.4) is 0 Å². The van der Waals surface area contributed by atoms with Crippen LogP contribution >= 0.6 is 0 Å². The summed E-state index contributed by atoms with van der Waals surface area (Å²) in [5.74, 6) is 0.377. The summed E-state index contributed by atoms with van der Waals surface area (Å²) in [6, 6.07) is -0.152. The van der Waals surface area contributed by atoms with Gasteiger partial charge >= 0.3 is 0 Å². The molecular formula is C14H24N4O2. The first kappa shape index (κ1) is 16.2. The minimum absolute atomic E-state index is 0.152. The zero-order chi connectivity index (χ0) is 15.3. The largest absolute Gasteiger partial charge is 0.344 e. The van der Waals surface area contributed by atoms with Gasteiger partial charge in [0.25, 0.3) is 0 Å². The first-order valence-electron chi connectivity index (χ1n) is 6.85. The molecule has 20 heavy (non-hydrogen) atoms. The quantitative estimate of drug-likeness (QED) is 0.824. The highest BCUT2D eigenvalue weighted by Gasteiger charge is 2.31. The van der Waals surface area contributed by atoms with Gasteiger partial charge in [-0.3, -0.25) is 9.59 Å². The van der Waals surface area contributed by atoms with E-state index in [1.807, 2.05) is 17.8 Å². The van der Waals surface area contributed by atoms with Gasteiger partial charge in [0.1, 0.15) is 11.4 Å². The van der Waals surface area contributed by atoms with E-state index < -0.39 is 5.54 Å². The molecule has 0 aliphatic heterocycles. The molecule has 2 N–H and O–H groups in total. The highest BCUT2D eigenvalue weighted by atomic mass is 16.2. The van der Waals surface area contributed by atoms with E-state index in [0.717, 1.165) is 18.7 Å². The van der Waals surface area contributed by atoms with Crippen LogP contribution in [0.2, 0.25) is 0 Å². The Morgan fingerprint density at radius 1 is 1.45 bits per heavy atom. The summed E-state index contributed by atoms with van der Waals surface area (Å²) in [4.78, 5) is 27.8. The lowest BCUT2D eigenvalue weighted by molar-refractivity contribution is -0.132. The molecule has 6 nitrogen and oxygen atoms in total. The van der Waals surface area contributed by atoms with Crippen LogP contribution in [0.5, 0.6) is 0 Å². The van der Waals surface area contributed by atoms with Gasteiger partial charge in [0.2, 0.25) is 11.8 Å². The molecule has 0 saturated carbocycles. The molecule has 0 unspecified atom stereocenters. The number of carbonyl (C=O) groups excluding carboxylic acids is 2. The lowest BCUT2D eigenvalue weighted by Gasteiger charge is -2.27. The third kappa shape index (κ3) is 4.08. The summed E-state index contributed by atoms with van der Waals surface area (Å²) >= 11 is 0. The van der Waals surface area contributed by atoms with Gasteiger partial charge in [0.15, 0.2) is 0 Å². The zero-order valence-corrected chi connectivity index (χ0v) is 12.9. The molecule has 6 heteroatoms.